The first-order valence-electron chi connectivity index (χ1n) is 20.1. The zero-order valence-electron chi connectivity index (χ0n) is 32.0. The lowest BCUT2D eigenvalue weighted by atomic mass is 9.95. The number of rotatable bonds is 6. The van der Waals surface area contributed by atoms with Crippen molar-refractivity contribution in [3.05, 3.63) is 212 Å². The molecule has 0 saturated heterocycles. The minimum atomic E-state index is 0.870. The lowest BCUT2D eigenvalue weighted by Crippen LogP contribution is -2.10. The SMILES string of the molecule is c1ccc(-c2cccc(N(c3ccc(-c4cccc5c4oc4ccccc45)cc3)c3cc4c(oc5cccc(-c6ccc7ccccc7c6)c54)c4ccccc34)c2)cc1. The first kappa shape index (κ1) is 33.3. The van der Waals surface area contributed by atoms with Gasteiger partial charge >= 0.3 is 0 Å². The molecule has 0 atom stereocenters. The van der Waals surface area contributed by atoms with Crippen LogP contribution in [0.5, 0.6) is 0 Å². The Hall–Kier alpha value is -7.88. The molecule has 0 aliphatic rings. The van der Waals surface area contributed by atoms with Gasteiger partial charge in [-0.25, -0.2) is 0 Å². The summed E-state index contributed by atoms with van der Waals surface area (Å²) in [6.07, 6.45) is 0. The van der Waals surface area contributed by atoms with Crippen LogP contribution in [-0.4, -0.2) is 0 Å². The fourth-order valence-corrected chi connectivity index (χ4v) is 9.06. The molecule has 0 saturated carbocycles. The van der Waals surface area contributed by atoms with E-state index in [9.17, 15) is 0 Å². The van der Waals surface area contributed by atoms with Crippen molar-refractivity contribution in [1.29, 1.82) is 0 Å². The van der Waals surface area contributed by atoms with Crippen LogP contribution in [-0.2, 0) is 0 Å². The molecule has 12 aromatic rings. The summed E-state index contributed by atoms with van der Waals surface area (Å²) in [7, 11) is 0. The molecule has 10 aromatic carbocycles. The Morgan fingerprint density at radius 2 is 0.932 bits per heavy atom. The monoisotopic (exact) mass is 753 g/mol. The molecule has 0 fully saturated rings. The highest BCUT2D eigenvalue weighted by atomic mass is 16.3. The summed E-state index contributed by atoms with van der Waals surface area (Å²) in [4.78, 5) is 2.40. The van der Waals surface area contributed by atoms with Gasteiger partial charge in [0.2, 0.25) is 0 Å². The van der Waals surface area contributed by atoms with E-state index in [1.807, 2.05) is 12.1 Å². The van der Waals surface area contributed by atoms with Gasteiger partial charge in [0.15, 0.2) is 0 Å². The minimum absolute atomic E-state index is 0.870. The maximum atomic E-state index is 6.83. The second kappa shape index (κ2) is 13.4. The van der Waals surface area contributed by atoms with Gasteiger partial charge in [-0.15, -0.1) is 0 Å². The maximum Gasteiger partial charge on any atom is 0.143 e. The molecule has 12 rings (SSSR count). The van der Waals surface area contributed by atoms with Crippen LogP contribution in [0.25, 0.3) is 98.8 Å². The van der Waals surface area contributed by atoms with Gasteiger partial charge in [-0.2, -0.15) is 0 Å². The van der Waals surface area contributed by atoms with Crippen molar-refractivity contribution >= 4 is 82.5 Å². The van der Waals surface area contributed by atoms with Gasteiger partial charge < -0.3 is 13.7 Å². The molecule has 0 radical (unpaired) electrons. The fourth-order valence-electron chi connectivity index (χ4n) is 9.06. The Morgan fingerprint density at radius 3 is 1.81 bits per heavy atom. The lowest BCUT2D eigenvalue weighted by Gasteiger charge is -2.28. The second-order valence-electron chi connectivity index (χ2n) is 15.2. The number of hydrogen-bond donors (Lipinski definition) is 0. The molecule has 0 N–H and O–H groups in total. The van der Waals surface area contributed by atoms with Gasteiger partial charge in [0.05, 0.1) is 5.69 Å². The van der Waals surface area contributed by atoms with E-state index in [1.165, 1.54) is 16.3 Å². The summed E-state index contributed by atoms with van der Waals surface area (Å²) in [5, 5.41) is 9.05. The Bertz CT molecular complexity index is 3560. The van der Waals surface area contributed by atoms with E-state index >= 15 is 0 Å². The summed E-state index contributed by atoms with van der Waals surface area (Å²) in [6, 6.07) is 75.7. The van der Waals surface area contributed by atoms with Crippen LogP contribution >= 0.6 is 0 Å². The van der Waals surface area contributed by atoms with Crippen molar-refractivity contribution in [3.8, 4) is 33.4 Å². The van der Waals surface area contributed by atoms with Gasteiger partial charge in [0, 0.05) is 49.3 Å². The van der Waals surface area contributed by atoms with Gasteiger partial charge in [-0.3, -0.25) is 0 Å². The largest absolute Gasteiger partial charge is 0.455 e. The zero-order chi connectivity index (χ0) is 38.9. The molecule has 2 aromatic heterocycles. The second-order valence-corrected chi connectivity index (χ2v) is 15.2. The Labute approximate surface area is 340 Å². The minimum Gasteiger partial charge on any atom is -0.455 e. The van der Waals surface area contributed by atoms with Gasteiger partial charge in [-0.05, 0) is 87.1 Å². The van der Waals surface area contributed by atoms with Crippen LogP contribution in [0, 0.1) is 0 Å². The van der Waals surface area contributed by atoms with Crippen LogP contribution in [0.4, 0.5) is 17.1 Å². The van der Waals surface area contributed by atoms with Crippen molar-refractivity contribution in [2.45, 2.75) is 0 Å². The van der Waals surface area contributed by atoms with Gasteiger partial charge in [0.1, 0.15) is 22.3 Å². The molecule has 0 unspecified atom stereocenters. The highest BCUT2D eigenvalue weighted by Crippen LogP contribution is 2.47. The van der Waals surface area contributed by atoms with Crippen molar-refractivity contribution in [1.82, 2.24) is 0 Å². The Morgan fingerprint density at radius 1 is 0.305 bits per heavy atom. The Balaban J connectivity index is 1.09. The average Bonchev–Trinajstić information content (AvgIpc) is 3.89. The summed E-state index contributed by atoms with van der Waals surface area (Å²) < 4.78 is 13.3. The normalized spacial score (nSPS) is 11.7. The molecule has 2 heterocycles. The maximum absolute atomic E-state index is 6.83. The molecule has 0 aliphatic heterocycles. The van der Waals surface area contributed by atoms with Crippen molar-refractivity contribution < 1.29 is 8.83 Å². The van der Waals surface area contributed by atoms with E-state index in [2.05, 4.69) is 205 Å². The van der Waals surface area contributed by atoms with Crippen LogP contribution in [0.2, 0.25) is 0 Å². The molecule has 59 heavy (non-hydrogen) atoms. The number of benzene rings is 10. The number of fused-ring (bicyclic) bond motifs is 9. The first-order chi connectivity index (χ1) is 29.2. The van der Waals surface area contributed by atoms with Crippen molar-refractivity contribution in [2.75, 3.05) is 4.90 Å². The summed E-state index contributed by atoms with van der Waals surface area (Å²) >= 11 is 0. The van der Waals surface area contributed by atoms with E-state index in [0.29, 0.717) is 0 Å². The van der Waals surface area contributed by atoms with Crippen LogP contribution in [0.15, 0.2) is 221 Å². The van der Waals surface area contributed by atoms with Crippen LogP contribution in [0.3, 0.4) is 0 Å². The molecule has 0 aliphatic carbocycles. The molecule has 3 heteroatoms. The number of para-hydroxylation sites is 2. The lowest BCUT2D eigenvalue weighted by molar-refractivity contribution is 0.670. The predicted octanol–water partition coefficient (Wildman–Crippen LogP) is 16.3. The summed E-state index contributed by atoms with van der Waals surface area (Å²) in [6.45, 7) is 0. The van der Waals surface area contributed by atoms with E-state index < -0.39 is 0 Å². The quantitative estimate of drug-likeness (QED) is 0.169. The van der Waals surface area contributed by atoms with Crippen LogP contribution < -0.4 is 4.90 Å². The highest BCUT2D eigenvalue weighted by Gasteiger charge is 2.23. The molecule has 0 spiro atoms. The number of furan rings is 2. The molecule has 0 amide bonds. The van der Waals surface area contributed by atoms with E-state index in [-0.39, 0.29) is 0 Å². The fraction of sp³-hybridized carbons (Fsp3) is 0. The van der Waals surface area contributed by atoms with Crippen LogP contribution in [0.1, 0.15) is 0 Å². The molecular formula is C56H35NO2. The first-order valence-corrected chi connectivity index (χ1v) is 20.1. The standard InChI is InChI=1S/C56H35NO2/c1-2-13-36(14-3-1)40-17-10-18-43(34-40)57(42-31-29-38(30-32-42)45-23-11-24-49-47-20-8-9-25-52(47)58-55(45)49)51-35-50-54-44(41-28-27-37-15-4-5-16-39(37)33-41)22-12-26-53(54)59-56(50)48-21-7-6-19-46(48)51/h1-35H. The number of anilines is 3. The molecular weight excluding hydrogens is 719 g/mol. The van der Waals surface area contributed by atoms with E-state index in [4.69, 9.17) is 8.83 Å². The predicted molar refractivity (Wildman–Crippen MR) is 247 cm³/mol. The molecule has 276 valence electrons. The number of nitrogens with zero attached hydrogens (tertiary/aromatic N) is 1. The molecule has 0 bridgehead atoms. The highest BCUT2D eigenvalue weighted by molar-refractivity contribution is 6.23. The zero-order valence-corrected chi connectivity index (χ0v) is 32.0. The van der Waals surface area contributed by atoms with E-state index in [1.54, 1.807) is 0 Å². The third-order valence-corrected chi connectivity index (χ3v) is 11.8. The van der Waals surface area contributed by atoms with Crippen molar-refractivity contribution in [2.24, 2.45) is 0 Å². The summed E-state index contributed by atoms with van der Waals surface area (Å²) in [5.74, 6) is 0. The third kappa shape index (κ3) is 5.44. The smallest absolute Gasteiger partial charge is 0.143 e. The van der Waals surface area contributed by atoms with Crippen molar-refractivity contribution in [3.63, 3.8) is 0 Å². The number of hydrogen-bond acceptors (Lipinski definition) is 3. The molecule has 3 nitrogen and oxygen atoms in total. The average molecular weight is 754 g/mol. The summed E-state index contributed by atoms with van der Waals surface area (Å²) in [5.41, 5.74) is 13.5. The van der Waals surface area contributed by atoms with Gasteiger partial charge in [0.25, 0.3) is 0 Å². The topological polar surface area (TPSA) is 29.5 Å². The third-order valence-electron chi connectivity index (χ3n) is 11.8. The van der Waals surface area contributed by atoms with Gasteiger partial charge in [-0.1, -0.05) is 164 Å². The Kier molecular flexibility index (Phi) is 7.54. The van der Waals surface area contributed by atoms with E-state index in [0.717, 1.165) is 99.5 Å².